The van der Waals surface area contributed by atoms with Gasteiger partial charge in [0.05, 0.1) is 6.42 Å². The lowest BCUT2D eigenvalue weighted by Crippen LogP contribution is -2.70. The Morgan fingerprint density at radius 1 is 1.00 bits per heavy atom. The van der Waals surface area contributed by atoms with E-state index in [9.17, 15) is 19.2 Å². The van der Waals surface area contributed by atoms with Gasteiger partial charge in [-0.3, -0.25) is 19.3 Å². The molecule has 0 saturated carbocycles. The van der Waals surface area contributed by atoms with Crippen LogP contribution < -0.4 is 16.6 Å². The normalized spacial score (nSPS) is 17.6. The topological polar surface area (TPSA) is 147 Å². The first-order valence-corrected chi connectivity index (χ1v) is 15.6. The highest BCUT2D eigenvalue weighted by Gasteiger charge is 2.55. The molecule has 3 heterocycles. The Kier molecular flexibility index (Phi) is 8.53. The van der Waals surface area contributed by atoms with Crippen LogP contribution in [-0.4, -0.2) is 49.8 Å². The molecule has 4 aromatic rings. The fourth-order valence-corrected chi connectivity index (χ4v) is 7.48. The summed E-state index contributed by atoms with van der Waals surface area (Å²) in [6.45, 7) is 0. The van der Waals surface area contributed by atoms with Crippen LogP contribution in [0.4, 0.5) is 5.82 Å². The van der Waals surface area contributed by atoms with Crippen molar-refractivity contribution in [1.29, 1.82) is 0 Å². The van der Waals surface area contributed by atoms with Crippen LogP contribution in [0.1, 0.15) is 22.8 Å². The molecule has 12 heteroatoms. The highest BCUT2D eigenvalue weighted by atomic mass is 32.2. The smallest absolute Gasteiger partial charge is 0.356 e. The maximum absolute atomic E-state index is 14.1. The second-order valence-electron chi connectivity index (χ2n) is 10.1. The number of nitrogens with two attached hydrogens (primary N) is 1. The van der Waals surface area contributed by atoms with E-state index >= 15 is 0 Å². The van der Waals surface area contributed by atoms with Crippen molar-refractivity contribution in [2.45, 2.75) is 29.1 Å². The largest absolute Gasteiger partial charge is 0.448 e. The molecule has 1 unspecified atom stereocenters. The van der Waals surface area contributed by atoms with Gasteiger partial charge in [-0.05, 0) is 16.7 Å². The highest BCUT2D eigenvalue weighted by Crippen LogP contribution is 2.45. The van der Waals surface area contributed by atoms with Crippen molar-refractivity contribution in [3.05, 3.63) is 135 Å². The van der Waals surface area contributed by atoms with Gasteiger partial charge in [-0.1, -0.05) is 103 Å². The monoisotopic (exact) mass is 625 g/mol. The third kappa shape index (κ3) is 6.26. The van der Waals surface area contributed by atoms with Crippen molar-refractivity contribution >= 4 is 47.1 Å². The molecule has 3 aromatic carbocycles. The number of benzene rings is 3. The van der Waals surface area contributed by atoms with E-state index in [0.717, 1.165) is 34.5 Å². The Morgan fingerprint density at radius 3 is 2.23 bits per heavy atom. The number of carbonyl (C=O) groups is 3. The maximum Gasteiger partial charge on any atom is 0.356 e. The van der Waals surface area contributed by atoms with Gasteiger partial charge in [0.1, 0.15) is 22.9 Å². The zero-order valence-electron chi connectivity index (χ0n) is 23.2. The number of carbonyl (C=O) groups excluding carboxylic acids is 3. The predicted octanol–water partition coefficient (Wildman–Crippen LogP) is 3.63. The number of esters is 1. The van der Waals surface area contributed by atoms with Gasteiger partial charge in [-0.25, -0.2) is 9.78 Å². The average molecular weight is 626 g/mol. The summed E-state index contributed by atoms with van der Waals surface area (Å²) in [5.41, 5.74) is 7.73. The van der Waals surface area contributed by atoms with Crippen molar-refractivity contribution in [3.8, 4) is 0 Å². The van der Waals surface area contributed by atoms with Crippen LogP contribution in [0.3, 0.4) is 0 Å². The van der Waals surface area contributed by atoms with E-state index in [4.69, 9.17) is 10.5 Å². The molecule has 2 aliphatic heterocycles. The summed E-state index contributed by atoms with van der Waals surface area (Å²) in [5.74, 6) is -1.12. The number of ether oxygens (including phenoxy) is 1. The lowest BCUT2D eigenvalue weighted by molar-refractivity contribution is -0.154. The van der Waals surface area contributed by atoms with Crippen LogP contribution in [-0.2, 0) is 25.5 Å². The van der Waals surface area contributed by atoms with E-state index in [1.165, 1.54) is 16.7 Å². The Morgan fingerprint density at radius 2 is 1.61 bits per heavy atom. The SMILES string of the molecule is Nc1cc(=O)[nH]c(SC2=C(C(=O)OC(c3ccccc3)c3ccccc3)N3C(=O)C(NC(=O)Cc4ccccc4)[C@H]3SC2)n1. The molecule has 2 aliphatic rings. The molecule has 4 N–H and O–H groups in total. The van der Waals surface area contributed by atoms with E-state index in [2.05, 4.69) is 15.3 Å². The minimum atomic E-state index is -0.810. The third-order valence-corrected chi connectivity index (χ3v) is 9.47. The van der Waals surface area contributed by atoms with Gasteiger partial charge in [0.15, 0.2) is 11.3 Å². The van der Waals surface area contributed by atoms with E-state index in [1.807, 2.05) is 91.0 Å². The van der Waals surface area contributed by atoms with Crippen LogP contribution in [0.25, 0.3) is 0 Å². The molecule has 2 amide bonds. The van der Waals surface area contributed by atoms with Crippen molar-refractivity contribution in [2.24, 2.45) is 0 Å². The van der Waals surface area contributed by atoms with Crippen LogP contribution in [0.2, 0.25) is 0 Å². The number of anilines is 1. The summed E-state index contributed by atoms with van der Waals surface area (Å²) in [6, 6.07) is 28.2. The first-order chi connectivity index (χ1) is 21.4. The average Bonchev–Trinajstić information content (AvgIpc) is 3.03. The van der Waals surface area contributed by atoms with Gasteiger partial charge >= 0.3 is 5.97 Å². The summed E-state index contributed by atoms with van der Waals surface area (Å²) in [4.78, 5) is 61.2. The number of hydrogen-bond donors (Lipinski definition) is 3. The van der Waals surface area contributed by atoms with Gasteiger partial charge in [0, 0.05) is 16.7 Å². The predicted molar refractivity (Wildman–Crippen MR) is 168 cm³/mol. The number of thioether (sulfide) groups is 2. The molecule has 1 fully saturated rings. The zero-order chi connectivity index (χ0) is 30.6. The maximum atomic E-state index is 14.1. The Labute approximate surface area is 261 Å². The number of nitrogen functional groups attached to an aromatic ring is 1. The van der Waals surface area contributed by atoms with Gasteiger partial charge in [-0.2, -0.15) is 0 Å². The number of nitrogens with zero attached hydrogens (tertiary/aromatic N) is 2. The highest BCUT2D eigenvalue weighted by molar-refractivity contribution is 8.06. The first-order valence-electron chi connectivity index (χ1n) is 13.7. The quantitative estimate of drug-likeness (QED) is 0.144. The molecule has 44 heavy (non-hydrogen) atoms. The van der Waals surface area contributed by atoms with Gasteiger partial charge in [-0.15, -0.1) is 11.8 Å². The summed E-state index contributed by atoms with van der Waals surface area (Å²) in [5, 5.41) is 2.50. The Balaban J connectivity index is 1.31. The molecular weight excluding hydrogens is 599 g/mol. The number of β-lactam (4-membered cyclic amide) rings is 1. The van der Waals surface area contributed by atoms with Crippen LogP contribution >= 0.6 is 23.5 Å². The van der Waals surface area contributed by atoms with Crippen molar-refractivity contribution in [2.75, 3.05) is 11.5 Å². The molecule has 6 rings (SSSR count). The molecule has 2 atom stereocenters. The van der Waals surface area contributed by atoms with Crippen LogP contribution in [0, 0.1) is 0 Å². The fraction of sp³-hybridized carbons (Fsp3) is 0.156. The van der Waals surface area contributed by atoms with Crippen LogP contribution in [0.15, 0.2) is 118 Å². The second-order valence-corrected chi connectivity index (χ2v) is 12.3. The minimum absolute atomic E-state index is 0.0248. The minimum Gasteiger partial charge on any atom is -0.448 e. The molecular formula is C32H27N5O5S2. The number of nitrogens with one attached hydrogen (secondary N) is 2. The van der Waals surface area contributed by atoms with Gasteiger partial charge < -0.3 is 20.8 Å². The first kappa shape index (κ1) is 29.3. The van der Waals surface area contributed by atoms with Gasteiger partial charge in [0.2, 0.25) is 5.91 Å². The standard InChI is InChI=1S/C32H27N5O5S2/c33-23-17-25(39)36-32(34-23)44-22-18-43-30-26(35-24(38)16-19-10-4-1-5-11-19)29(40)37(30)27(22)31(41)42-28(20-12-6-2-7-13-20)21-14-8-3-9-15-21/h1-15,17,26,28,30H,16,18H2,(H,35,38)(H3,33,34,36,39)/t26?,30-/m1/s1. The summed E-state index contributed by atoms with van der Waals surface area (Å²) < 4.78 is 6.16. The van der Waals surface area contributed by atoms with E-state index in [-0.39, 0.29) is 29.0 Å². The number of amides is 2. The molecule has 1 aromatic heterocycles. The zero-order valence-corrected chi connectivity index (χ0v) is 24.8. The Bertz CT molecular complexity index is 1740. The Hall–Kier alpha value is -4.81. The summed E-state index contributed by atoms with van der Waals surface area (Å²) in [7, 11) is 0. The number of fused-ring (bicyclic) bond motifs is 1. The van der Waals surface area contributed by atoms with Crippen LogP contribution in [0.5, 0.6) is 0 Å². The number of aromatic nitrogens is 2. The summed E-state index contributed by atoms with van der Waals surface area (Å²) >= 11 is 2.43. The molecule has 0 spiro atoms. The number of H-pyrrole nitrogens is 1. The molecule has 0 bridgehead atoms. The molecule has 0 radical (unpaired) electrons. The summed E-state index contributed by atoms with van der Waals surface area (Å²) in [6.07, 6.45) is -0.627. The third-order valence-electron chi connectivity index (χ3n) is 7.04. The number of rotatable bonds is 9. The van der Waals surface area contributed by atoms with E-state index in [0.29, 0.717) is 10.7 Å². The molecule has 10 nitrogen and oxygen atoms in total. The van der Waals surface area contributed by atoms with Crippen molar-refractivity contribution in [3.63, 3.8) is 0 Å². The van der Waals surface area contributed by atoms with E-state index in [1.54, 1.807) is 0 Å². The second kappa shape index (κ2) is 12.8. The van der Waals surface area contributed by atoms with Crippen molar-refractivity contribution < 1.29 is 19.1 Å². The van der Waals surface area contributed by atoms with Gasteiger partial charge in [0.25, 0.3) is 11.5 Å². The number of hydrogen-bond acceptors (Lipinski definition) is 9. The molecule has 0 aliphatic carbocycles. The molecule has 222 valence electrons. The van der Waals surface area contributed by atoms with E-state index < -0.39 is 35.0 Å². The molecule has 1 saturated heterocycles. The van der Waals surface area contributed by atoms with Crippen molar-refractivity contribution in [1.82, 2.24) is 20.2 Å². The lowest BCUT2D eigenvalue weighted by Gasteiger charge is -2.49. The number of aromatic amines is 1. The lowest BCUT2D eigenvalue weighted by atomic mass is 10.0. The fourth-order valence-electron chi connectivity index (χ4n) is 5.03.